The second-order valence-electron chi connectivity index (χ2n) is 5.42. The summed E-state index contributed by atoms with van der Waals surface area (Å²) in [5.41, 5.74) is 1.21. The van der Waals surface area contributed by atoms with E-state index in [1.165, 1.54) is 11.8 Å². The normalized spacial score (nSPS) is 12.8. The number of Topliss-reactive ketones (excluding diaryl/α,β-unsaturated/α-hetero) is 1. The van der Waals surface area contributed by atoms with Gasteiger partial charge in [0.15, 0.2) is 17.3 Å². The molecule has 8 heteroatoms. The van der Waals surface area contributed by atoms with E-state index in [9.17, 15) is 4.79 Å². The number of hydrogen-bond donors (Lipinski definition) is 0. The highest BCUT2D eigenvalue weighted by atomic mass is 35.5. The van der Waals surface area contributed by atoms with Gasteiger partial charge in [0.05, 0.1) is 16.3 Å². The van der Waals surface area contributed by atoms with E-state index in [2.05, 4.69) is 10.2 Å². The Balaban J connectivity index is 1.43. The summed E-state index contributed by atoms with van der Waals surface area (Å²) in [6.07, 6.45) is 0. The predicted octanol–water partition coefficient (Wildman–Crippen LogP) is 4.14. The Hall–Kier alpha value is -2.51. The van der Waals surface area contributed by atoms with E-state index in [4.69, 9.17) is 25.5 Å². The molecular weight excluding hydrogens is 376 g/mol. The summed E-state index contributed by atoms with van der Waals surface area (Å²) in [5, 5.41) is 8.78. The molecule has 132 valence electrons. The molecule has 0 aliphatic carbocycles. The first kappa shape index (κ1) is 16.9. The van der Waals surface area contributed by atoms with Gasteiger partial charge in [0, 0.05) is 5.56 Å². The maximum Gasteiger partial charge on any atom is 0.277 e. The number of halogens is 1. The van der Waals surface area contributed by atoms with Crippen molar-refractivity contribution in [2.75, 3.05) is 19.0 Å². The molecule has 26 heavy (non-hydrogen) atoms. The summed E-state index contributed by atoms with van der Waals surface area (Å²) in [5.74, 6) is 1.67. The molecule has 1 aromatic heterocycles. The van der Waals surface area contributed by atoms with Gasteiger partial charge < -0.3 is 13.9 Å². The second-order valence-corrected chi connectivity index (χ2v) is 6.76. The van der Waals surface area contributed by atoms with Crippen LogP contribution in [0.3, 0.4) is 0 Å². The van der Waals surface area contributed by atoms with Gasteiger partial charge in [-0.05, 0) is 30.3 Å². The highest BCUT2D eigenvalue weighted by Gasteiger charge is 2.17. The van der Waals surface area contributed by atoms with E-state index in [0.717, 1.165) is 0 Å². The molecule has 3 aromatic rings. The summed E-state index contributed by atoms with van der Waals surface area (Å²) in [6, 6.07) is 12.4. The number of rotatable bonds is 5. The first-order chi connectivity index (χ1) is 12.7. The Morgan fingerprint density at radius 2 is 1.88 bits per heavy atom. The van der Waals surface area contributed by atoms with Gasteiger partial charge in [0.2, 0.25) is 5.89 Å². The zero-order chi connectivity index (χ0) is 17.9. The molecule has 0 N–H and O–H groups in total. The zero-order valence-electron chi connectivity index (χ0n) is 13.5. The molecule has 2 aromatic carbocycles. The van der Waals surface area contributed by atoms with Crippen molar-refractivity contribution in [3.05, 3.63) is 53.1 Å². The minimum atomic E-state index is -0.0653. The SMILES string of the molecule is O=C(CSc1nnc(-c2ccccc2Cl)o1)c1ccc2c(c1)OCCO2. The second kappa shape index (κ2) is 7.39. The highest BCUT2D eigenvalue weighted by Crippen LogP contribution is 2.32. The lowest BCUT2D eigenvalue weighted by atomic mass is 10.1. The van der Waals surface area contributed by atoms with Gasteiger partial charge in [-0.1, -0.05) is 35.5 Å². The first-order valence-electron chi connectivity index (χ1n) is 7.85. The van der Waals surface area contributed by atoms with E-state index in [0.29, 0.717) is 52.0 Å². The Bertz CT molecular complexity index is 960. The number of ketones is 1. The lowest BCUT2D eigenvalue weighted by Crippen LogP contribution is -2.16. The van der Waals surface area contributed by atoms with Crippen LogP contribution in [0.25, 0.3) is 11.5 Å². The molecule has 2 heterocycles. The van der Waals surface area contributed by atoms with Crippen molar-refractivity contribution in [3.8, 4) is 23.0 Å². The zero-order valence-corrected chi connectivity index (χ0v) is 15.0. The van der Waals surface area contributed by atoms with Crippen LogP contribution >= 0.6 is 23.4 Å². The fraction of sp³-hybridized carbons (Fsp3) is 0.167. The molecule has 0 saturated carbocycles. The summed E-state index contributed by atoms with van der Waals surface area (Å²) in [6.45, 7) is 0.993. The van der Waals surface area contributed by atoms with Crippen LogP contribution in [0.5, 0.6) is 11.5 Å². The third-order valence-corrected chi connectivity index (χ3v) is 4.85. The highest BCUT2D eigenvalue weighted by molar-refractivity contribution is 7.99. The Morgan fingerprint density at radius 3 is 2.73 bits per heavy atom. The monoisotopic (exact) mass is 388 g/mol. The number of nitrogens with zero attached hydrogens (tertiary/aromatic N) is 2. The van der Waals surface area contributed by atoms with Crippen LogP contribution in [0.15, 0.2) is 52.1 Å². The number of ether oxygens (including phenoxy) is 2. The average molecular weight is 389 g/mol. The number of carbonyl (C=O) groups excluding carboxylic acids is 1. The fourth-order valence-electron chi connectivity index (χ4n) is 2.44. The Morgan fingerprint density at radius 1 is 1.08 bits per heavy atom. The van der Waals surface area contributed by atoms with Crippen LogP contribution < -0.4 is 9.47 Å². The van der Waals surface area contributed by atoms with Gasteiger partial charge in [0.25, 0.3) is 5.22 Å². The van der Waals surface area contributed by atoms with Crippen molar-refractivity contribution in [3.63, 3.8) is 0 Å². The van der Waals surface area contributed by atoms with E-state index in [1.807, 2.05) is 12.1 Å². The number of benzene rings is 2. The summed E-state index contributed by atoms with van der Waals surface area (Å²) >= 11 is 7.30. The van der Waals surface area contributed by atoms with Crippen LogP contribution in [0, 0.1) is 0 Å². The molecule has 0 saturated heterocycles. The molecule has 1 aliphatic heterocycles. The average Bonchev–Trinajstić information content (AvgIpc) is 3.15. The standard InChI is InChI=1S/C18H13ClN2O4S/c19-13-4-2-1-3-12(13)17-20-21-18(25-17)26-10-14(22)11-5-6-15-16(9-11)24-8-7-23-15/h1-6,9H,7-8,10H2. The number of carbonyl (C=O) groups is 1. The third kappa shape index (κ3) is 3.54. The van der Waals surface area contributed by atoms with Crippen molar-refractivity contribution in [1.82, 2.24) is 10.2 Å². The van der Waals surface area contributed by atoms with Crippen molar-refractivity contribution in [2.24, 2.45) is 0 Å². The Kier molecular flexibility index (Phi) is 4.81. The van der Waals surface area contributed by atoms with Crippen molar-refractivity contribution >= 4 is 29.1 Å². The van der Waals surface area contributed by atoms with Crippen molar-refractivity contribution in [2.45, 2.75) is 5.22 Å². The van der Waals surface area contributed by atoms with E-state index in [-0.39, 0.29) is 11.5 Å². The molecule has 0 atom stereocenters. The third-order valence-electron chi connectivity index (χ3n) is 3.70. The molecular formula is C18H13ClN2O4S. The van der Waals surface area contributed by atoms with Gasteiger partial charge in [-0.3, -0.25) is 4.79 Å². The Labute approximate surface area is 158 Å². The van der Waals surface area contributed by atoms with E-state index in [1.54, 1.807) is 30.3 Å². The molecule has 0 fully saturated rings. The van der Waals surface area contributed by atoms with Crippen LogP contribution in [0.4, 0.5) is 0 Å². The molecule has 0 amide bonds. The maximum absolute atomic E-state index is 12.4. The van der Waals surface area contributed by atoms with Crippen LogP contribution in [-0.2, 0) is 0 Å². The van der Waals surface area contributed by atoms with Crippen LogP contribution in [0.2, 0.25) is 5.02 Å². The van der Waals surface area contributed by atoms with Crippen molar-refractivity contribution in [1.29, 1.82) is 0 Å². The minimum Gasteiger partial charge on any atom is -0.486 e. The van der Waals surface area contributed by atoms with Crippen LogP contribution in [-0.4, -0.2) is 34.9 Å². The quantitative estimate of drug-likeness (QED) is 0.480. The predicted molar refractivity (Wildman–Crippen MR) is 97.2 cm³/mol. The van der Waals surface area contributed by atoms with Gasteiger partial charge in [-0.15, -0.1) is 10.2 Å². The van der Waals surface area contributed by atoms with E-state index < -0.39 is 0 Å². The summed E-state index contributed by atoms with van der Waals surface area (Å²) < 4.78 is 16.5. The minimum absolute atomic E-state index is 0.0653. The maximum atomic E-state index is 12.4. The topological polar surface area (TPSA) is 74.5 Å². The smallest absolute Gasteiger partial charge is 0.277 e. The largest absolute Gasteiger partial charge is 0.486 e. The molecule has 6 nitrogen and oxygen atoms in total. The molecule has 0 bridgehead atoms. The van der Waals surface area contributed by atoms with Crippen LogP contribution in [0.1, 0.15) is 10.4 Å². The van der Waals surface area contributed by atoms with E-state index >= 15 is 0 Å². The first-order valence-corrected chi connectivity index (χ1v) is 9.21. The van der Waals surface area contributed by atoms with Gasteiger partial charge in [-0.25, -0.2) is 0 Å². The molecule has 0 spiro atoms. The number of thioether (sulfide) groups is 1. The molecule has 0 radical (unpaired) electrons. The number of fused-ring (bicyclic) bond motifs is 1. The summed E-state index contributed by atoms with van der Waals surface area (Å²) in [7, 11) is 0. The number of aromatic nitrogens is 2. The summed E-state index contributed by atoms with van der Waals surface area (Å²) in [4.78, 5) is 12.4. The fourth-order valence-corrected chi connectivity index (χ4v) is 3.31. The van der Waals surface area contributed by atoms with Gasteiger partial charge in [0.1, 0.15) is 13.2 Å². The lowest BCUT2D eigenvalue weighted by molar-refractivity contribution is 0.102. The molecule has 0 unspecified atom stereocenters. The van der Waals surface area contributed by atoms with Crippen molar-refractivity contribution < 1.29 is 18.7 Å². The number of hydrogen-bond acceptors (Lipinski definition) is 7. The lowest BCUT2D eigenvalue weighted by Gasteiger charge is -2.18. The molecule has 4 rings (SSSR count). The molecule has 1 aliphatic rings. The van der Waals surface area contributed by atoms with Gasteiger partial charge >= 0.3 is 0 Å². The van der Waals surface area contributed by atoms with Gasteiger partial charge in [-0.2, -0.15) is 0 Å².